The van der Waals surface area contributed by atoms with E-state index in [1.807, 2.05) is 36.4 Å². The number of furan rings is 1. The van der Waals surface area contributed by atoms with Crippen molar-refractivity contribution in [1.29, 1.82) is 0 Å². The monoisotopic (exact) mass is 297 g/mol. The minimum Gasteiger partial charge on any atom is -0.493 e. The molecule has 0 bridgehead atoms. The van der Waals surface area contributed by atoms with Gasteiger partial charge in [0.25, 0.3) is 0 Å². The Morgan fingerprint density at radius 3 is 2.55 bits per heavy atom. The molecular formula is C19H23NO2. The molecule has 0 aliphatic carbocycles. The molecule has 0 radical (unpaired) electrons. The van der Waals surface area contributed by atoms with Crippen molar-refractivity contribution < 1.29 is 9.15 Å². The first-order valence-corrected chi connectivity index (χ1v) is 8.09. The standard InChI is InChI=1S/C19H23NO2/c1-3-20(4-2)13-8-14-21-17-11-7-12-18-19(17)15-9-5-6-10-16(15)22-18/h5-7,9-12H,3-4,8,13-14H2,1-2H3. The van der Waals surface area contributed by atoms with Crippen LogP contribution in [0.3, 0.4) is 0 Å². The average molecular weight is 297 g/mol. The number of rotatable bonds is 7. The van der Waals surface area contributed by atoms with Crippen LogP contribution in [0.5, 0.6) is 5.75 Å². The molecule has 0 aliphatic rings. The fourth-order valence-corrected chi connectivity index (χ4v) is 2.87. The Morgan fingerprint density at radius 2 is 1.73 bits per heavy atom. The Morgan fingerprint density at radius 1 is 0.955 bits per heavy atom. The molecule has 0 fully saturated rings. The molecule has 1 heterocycles. The van der Waals surface area contributed by atoms with Crippen molar-refractivity contribution in [2.45, 2.75) is 20.3 Å². The average Bonchev–Trinajstić information content (AvgIpc) is 2.94. The first-order chi connectivity index (χ1) is 10.8. The molecule has 0 N–H and O–H groups in total. The molecule has 0 spiro atoms. The molecule has 116 valence electrons. The van der Waals surface area contributed by atoms with E-state index < -0.39 is 0 Å². The van der Waals surface area contributed by atoms with Gasteiger partial charge in [-0.3, -0.25) is 0 Å². The highest BCUT2D eigenvalue weighted by Gasteiger charge is 2.11. The fourth-order valence-electron chi connectivity index (χ4n) is 2.87. The van der Waals surface area contributed by atoms with Crippen molar-refractivity contribution in [3.8, 4) is 5.75 Å². The summed E-state index contributed by atoms with van der Waals surface area (Å²) in [5.74, 6) is 0.919. The van der Waals surface area contributed by atoms with Crippen LogP contribution >= 0.6 is 0 Å². The summed E-state index contributed by atoms with van der Waals surface area (Å²) >= 11 is 0. The first-order valence-electron chi connectivity index (χ1n) is 8.09. The van der Waals surface area contributed by atoms with E-state index >= 15 is 0 Å². The van der Waals surface area contributed by atoms with E-state index in [4.69, 9.17) is 9.15 Å². The molecule has 3 rings (SSSR count). The van der Waals surface area contributed by atoms with Gasteiger partial charge in [0, 0.05) is 11.9 Å². The van der Waals surface area contributed by atoms with Crippen LogP contribution in [0, 0.1) is 0 Å². The summed E-state index contributed by atoms with van der Waals surface area (Å²) in [6.45, 7) is 8.40. The van der Waals surface area contributed by atoms with Gasteiger partial charge >= 0.3 is 0 Å². The molecule has 3 aromatic rings. The van der Waals surface area contributed by atoms with Crippen LogP contribution in [0.15, 0.2) is 46.9 Å². The number of fused-ring (bicyclic) bond motifs is 3. The van der Waals surface area contributed by atoms with Gasteiger partial charge < -0.3 is 14.1 Å². The van der Waals surface area contributed by atoms with E-state index in [-0.39, 0.29) is 0 Å². The Kier molecular flexibility index (Phi) is 4.64. The van der Waals surface area contributed by atoms with Crippen LogP contribution in [0.4, 0.5) is 0 Å². The van der Waals surface area contributed by atoms with E-state index in [1.54, 1.807) is 0 Å². The van der Waals surface area contributed by atoms with Gasteiger partial charge in [0.2, 0.25) is 0 Å². The summed E-state index contributed by atoms with van der Waals surface area (Å²) in [5.41, 5.74) is 1.80. The highest BCUT2D eigenvalue weighted by atomic mass is 16.5. The molecule has 1 aromatic heterocycles. The SMILES string of the molecule is CCN(CC)CCCOc1cccc2oc3ccccc3c12. The number of ether oxygens (including phenoxy) is 1. The molecule has 0 aliphatic heterocycles. The van der Waals surface area contributed by atoms with Crippen molar-refractivity contribution >= 4 is 21.9 Å². The lowest BCUT2D eigenvalue weighted by molar-refractivity contribution is 0.250. The molecule has 0 unspecified atom stereocenters. The van der Waals surface area contributed by atoms with Crippen molar-refractivity contribution in [1.82, 2.24) is 4.90 Å². The van der Waals surface area contributed by atoms with Gasteiger partial charge in [-0.25, -0.2) is 0 Å². The second-order valence-corrected chi connectivity index (χ2v) is 5.46. The smallest absolute Gasteiger partial charge is 0.139 e. The zero-order valence-corrected chi connectivity index (χ0v) is 13.3. The minimum atomic E-state index is 0.731. The Hall–Kier alpha value is -2.00. The van der Waals surface area contributed by atoms with Gasteiger partial charge in [-0.2, -0.15) is 0 Å². The maximum atomic E-state index is 6.04. The third kappa shape index (κ3) is 2.95. The summed E-state index contributed by atoms with van der Waals surface area (Å²) in [5, 5.41) is 2.21. The summed E-state index contributed by atoms with van der Waals surface area (Å²) in [6.07, 6.45) is 1.04. The molecule has 0 atom stereocenters. The molecule has 3 heteroatoms. The number of benzene rings is 2. The molecule has 0 amide bonds. The predicted octanol–water partition coefficient (Wildman–Crippen LogP) is 4.70. The number of hydrogen-bond acceptors (Lipinski definition) is 3. The van der Waals surface area contributed by atoms with E-state index in [9.17, 15) is 0 Å². The highest BCUT2D eigenvalue weighted by Crippen LogP contribution is 2.35. The Labute approximate surface area is 131 Å². The second-order valence-electron chi connectivity index (χ2n) is 5.46. The Balaban J connectivity index is 1.76. The third-order valence-electron chi connectivity index (χ3n) is 4.13. The summed E-state index contributed by atoms with van der Waals surface area (Å²) in [4.78, 5) is 2.41. The van der Waals surface area contributed by atoms with Crippen LogP contribution in [0.2, 0.25) is 0 Å². The normalized spacial score (nSPS) is 11.6. The lowest BCUT2D eigenvalue weighted by Gasteiger charge is -2.17. The quantitative estimate of drug-likeness (QED) is 0.591. The largest absolute Gasteiger partial charge is 0.493 e. The van der Waals surface area contributed by atoms with Crippen LogP contribution in [-0.4, -0.2) is 31.1 Å². The molecule has 22 heavy (non-hydrogen) atoms. The van der Waals surface area contributed by atoms with E-state index in [0.29, 0.717) is 0 Å². The third-order valence-corrected chi connectivity index (χ3v) is 4.13. The van der Waals surface area contributed by atoms with Gasteiger partial charge in [0.1, 0.15) is 16.9 Å². The zero-order valence-electron chi connectivity index (χ0n) is 13.3. The summed E-state index contributed by atoms with van der Waals surface area (Å²) in [6, 6.07) is 14.1. The predicted molar refractivity (Wildman–Crippen MR) is 91.6 cm³/mol. The van der Waals surface area contributed by atoms with Gasteiger partial charge in [-0.15, -0.1) is 0 Å². The molecule has 0 saturated carbocycles. The van der Waals surface area contributed by atoms with Crippen LogP contribution in [0.1, 0.15) is 20.3 Å². The maximum Gasteiger partial charge on any atom is 0.139 e. The Bertz CT molecular complexity index is 743. The first kappa shape index (κ1) is 14.9. The summed E-state index contributed by atoms with van der Waals surface area (Å²) < 4.78 is 11.9. The van der Waals surface area contributed by atoms with Crippen LogP contribution in [-0.2, 0) is 0 Å². The maximum absolute atomic E-state index is 6.04. The molecule has 0 saturated heterocycles. The highest BCUT2D eigenvalue weighted by molar-refractivity contribution is 6.08. The lowest BCUT2D eigenvalue weighted by Crippen LogP contribution is -2.25. The molecule has 3 nitrogen and oxygen atoms in total. The van der Waals surface area contributed by atoms with Gasteiger partial charge in [-0.1, -0.05) is 38.1 Å². The van der Waals surface area contributed by atoms with Gasteiger partial charge in [-0.05, 0) is 37.7 Å². The number of hydrogen-bond donors (Lipinski definition) is 0. The van der Waals surface area contributed by atoms with E-state index in [0.717, 1.165) is 60.3 Å². The van der Waals surface area contributed by atoms with E-state index in [2.05, 4.69) is 24.8 Å². The van der Waals surface area contributed by atoms with Crippen molar-refractivity contribution in [3.63, 3.8) is 0 Å². The number of nitrogens with zero attached hydrogens (tertiary/aromatic N) is 1. The summed E-state index contributed by atoms with van der Waals surface area (Å²) in [7, 11) is 0. The fraction of sp³-hybridized carbons (Fsp3) is 0.368. The van der Waals surface area contributed by atoms with Crippen LogP contribution < -0.4 is 4.74 Å². The topological polar surface area (TPSA) is 25.6 Å². The lowest BCUT2D eigenvalue weighted by atomic mass is 10.1. The van der Waals surface area contributed by atoms with Gasteiger partial charge in [0.05, 0.1) is 12.0 Å². The molecule has 2 aromatic carbocycles. The van der Waals surface area contributed by atoms with Crippen molar-refractivity contribution in [2.24, 2.45) is 0 Å². The number of para-hydroxylation sites is 1. The van der Waals surface area contributed by atoms with Crippen molar-refractivity contribution in [3.05, 3.63) is 42.5 Å². The van der Waals surface area contributed by atoms with Gasteiger partial charge in [0.15, 0.2) is 0 Å². The van der Waals surface area contributed by atoms with Crippen LogP contribution in [0.25, 0.3) is 21.9 Å². The van der Waals surface area contributed by atoms with Crippen molar-refractivity contribution in [2.75, 3.05) is 26.2 Å². The minimum absolute atomic E-state index is 0.731. The second kappa shape index (κ2) is 6.84. The van der Waals surface area contributed by atoms with E-state index in [1.165, 1.54) is 0 Å². The zero-order chi connectivity index (χ0) is 15.4. The molecular weight excluding hydrogens is 274 g/mol.